The minimum absolute atomic E-state index is 0.0843. The number of allylic oxidation sites excluding steroid dienone is 1. The number of nitrogens with one attached hydrogen (secondary N) is 1. The molecule has 0 unspecified atom stereocenters. The zero-order valence-corrected chi connectivity index (χ0v) is 16.5. The van der Waals surface area contributed by atoms with Crippen LogP contribution in [0, 0.1) is 4.77 Å². The largest absolute Gasteiger partial charge is 0.491 e. The molecule has 7 heteroatoms. The molecule has 2 aromatic carbocycles. The van der Waals surface area contributed by atoms with Crippen molar-refractivity contribution in [2.45, 2.75) is 20.0 Å². The van der Waals surface area contributed by atoms with Gasteiger partial charge in [0, 0.05) is 5.56 Å². The monoisotopic (exact) mass is 398 g/mol. The van der Waals surface area contributed by atoms with Crippen molar-refractivity contribution in [2.75, 3.05) is 0 Å². The molecule has 3 aromatic rings. The molecule has 3 rings (SSSR count). The van der Waals surface area contributed by atoms with E-state index in [9.17, 15) is 0 Å². The number of aromatic amines is 1. The molecule has 0 bridgehead atoms. The zero-order chi connectivity index (χ0) is 19.2. The molecule has 0 radical (unpaired) electrons. The van der Waals surface area contributed by atoms with E-state index in [-0.39, 0.29) is 6.10 Å². The Morgan fingerprint density at radius 3 is 2.74 bits per heavy atom. The molecule has 0 fully saturated rings. The first kappa shape index (κ1) is 19.1. The Hall–Kier alpha value is -2.70. The van der Waals surface area contributed by atoms with Crippen LogP contribution < -0.4 is 4.74 Å². The van der Waals surface area contributed by atoms with Gasteiger partial charge in [0.1, 0.15) is 5.75 Å². The SMILES string of the molecule is CC(C)Oc1cccc(-c2n[nH]c(=S)n2/N=C/C(Cl)=C/c2ccccc2)c1. The number of hydrogen-bond acceptors (Lipinski definition) is 4. The van der Waals surface area contributed by atoms with Gasteiger partial charge in [-0.3, -0.25) is 0 Å². The van der Waals surface area contributed by atoms with Crippen LogP contribution in [0.25, 0.3) is 17.5 Å². The lowest BCUT2D eigenvalue weighted by Gasteiger charge is -2.10. The van der Waals surface area contributed by atoms with Crippen LogP contribution in [0.1, 0.15) is 19.4 Å². The van der Waals surface area contributed by atoms with Crippen LogP contribution in [0.4, 0.5) is 0 Å². The molecule has 0 aliphatic carbocycles. The Balaban J connectivity index is 1.89. The zero-order valence-electron chi connectivity index (χ0n) is 15.0. The summed E-state index contributed by atoms with van der Waals surface area (Å²) in [6.45, 7) is 3.96. The summed E-state index contributed by atoms with van der Waals surface area (Å²) >= 11 is 11.6. The molecular weight excluding hydrogens is 380 g/mol. The van der Waals surface area contributed by atoms with Gasteiger partial charge in [0.05, 0.1) is 17.4 Å². The number of hydrogen-bond donors (Lipinski definition) is 1. The first-order chi connectivity index (χ1) is 13.0. The number of benzene rings is 2. The first-order valence-corrected chi connectivity index (χ1v) is 9.22. The van der Waals surface area contributed by atoms with Crippen LogP contribution in [0.2, 0.25) is 0 Å². The third-order valence-electron chi connectivity index (χ3n) is 3.52. The van der Waals surface area contributed by atoms with Crippen molar-refractivity contribution >= 4 is 36.1 Å². The number of halogens is 1. The fraction of sp³-hybridized carbons (Fsp3) is 0.150. The van der Waals surface area contributed by atoms with Gasteiger partial charge in [-0.05, 0) is 49.8 Å². The minimum Gasteiger partial charge on any atom is -0.491 e. The molecule has 0 saturated carbocycles. The maximum atomic E-state index is 6.28. The molecule has 0 aliphatic heterocycles. The van der Waals surface area contributed by atoms with E-state index in [4.69, 9.17) is 28.6 Å². The number of nitrogens with zero attached hydrogens (tertiary/aromatic N) is 3. The normalized spacial score (nSPS) is 12.1. The molecule has 1 N–H and O–H groups in total. The molecule has 27 heavy (non-hydrogen) atoms. The average Bonchev–Trinajstić information content (AvgIpc) is 3.01. The minimum atomic E-state index is 0.0843. The van der Waals surface area contributed by atoms with Crippen LogP contribution in [-0.4, -0.2) is 27.2 Å². The van der Waals surface area contributed by atoms with E-state index in [1.807, 2.05) is 74.5 Å². The molecule has 0 spiro atoms. The van der Waals surface area contributed by atoms with Gasteiger partial charge >= 0.3 is 0 Å². The molecule has 1 aromatic heterocycles. The summed E-state index contributed by atoms with van der Waals surface area (Å²) in [5.41, 5.74) is 1.82. The third kappa shape index (κ3) is 5.15. The Kier molecular flexibility index (Phi) is 6.21. The van der Waals surface area contributed by atoms with Gasteiger partial charge in [-0.15, -0.1) is 0 Å². The summed E-state index contributed by atoms with van der Waals surface area (Å²) in [7, 11) is 0. The highest BCUT2D eigenvalue weighted by Crippen LogP contribution is 2.23. The molecule has 0 aliphatic rings. The van der Waals surface area contributed by atoms with Gasteiger partial charge < -0.3 is 4.74 Å². The second-order valence-corrected chi connectivity index (χ2v) is 6.87. The van der Waals surface area contributed by atoms with Gasteiger partial charge in [-0.25, -0.2) is 5.10 Å². The van der Waals surface area contributed by atoms with Crippen molar-refractivity contribution in [1.82, 2.24) is 14.9 Å². The van der Waals surface area contributed by atoms with Crippen LogP contribution in [-0.2, 0) is 0 Å². The predicted molar refractivity (Wildman–Crippen MR) is 113 cm³/mol. The molecule has 0 amide bonds. The van der Waals surface area contributed by atoms with Crippen LogP contribution in [0.3, 0.4) is 0 Å². The quantitative estimate of drug-likeness (QED) is 0.440. The number of aromatic nitrogens is 3. The van der Waals surface area contributed by atoms with Gasteiger partial charge in [0.15, 0.2) is 5.82 Å². The van der Waals surface area contributed by atoms with E-state index in [2.05, 4.69) is 15.3 Å². The topological polar surface area (TPSA) is 55.2 Å². The lowest BCUT2D eigenvalue weighted by Crippen LogP contribution is -2.05. The average molecular weight is 399 g/mol. The molecule has 0 saturated heterocycles. The predicted octanol–water partition coefficient (Wildman–Crippen LogP) is 5.51. The Labute approximate surface area is 168 Å². The summed E-state index contributed by atoms with van der Waals surface area (Å²) < 4.78 is 7.65. The van der Waals surface area contributed by atoms with Crippen molar-refractivity contribution < 1.29 is 4.74 Å². The number of H-pyrrole nitrogens is 1. The van der Waals surface area contributed by atoms with E-state index >= 15 is 0 Å². The standard InChI is InChI=1S/C20H19ClN4OS/c1-14(2)26-18-10-6-9-16(12-18)19-23-24-20(27)25(19)22-13-17(21)11-15-7-4-3-5-8-15/h3-14H,1-2H3,(H,24,27)/b17-11-,22-13+. The van der Waals surface area contributed by atoms with Gasteiger partial charge in [-0.2, -0.15) is 14.9 Å². The highest BCUT2D eigenvalue weighted by Gasteiger charge is 2.09. The highest BCUT2D eigenvalue weighted by atomic mass is 35.5. The van der Waals surface area contributed by atoms with Crippen molar-refractivity contribution in [3.8, 4) is 17.1 Å². The smallest absolute Gasteiger partial charge is 0.216 e. The van der Waals surface area contributed by atoms with Crippen LogP contribution >= 0.6 is 23.8 Å². The van der Waals surface area contributed by atoms with Gasteiger partial charge in [0.25, 0.3) is 0 Å². The van der Waals surface area contributed by atoms with Gasteiger partial charge in [0.2, 0.25) is 4.77 Å². The molecule has 0 atom stereocenters. The third-order valence-corrected chi connectivity index (χ3v) is 3.99. The molecule has 138 valence electrons. The Morgan fingerprint density at radius 1 is 1.22 bits per heavy atom. The van der Waals surface area contributed by atoms with Gasteiger partial charge in [-0.1, -0.05) is 54.1 Å². The molecule has 1 heterocycles. The van der Waals surface area contributed by atoms with Crippen molar-refractivity contribution in [1.29, 1.82) is 0 Å². The number of rotatable bonds is 6. The van der Waals surface area contributed by atoms with Crippen molar-refractivity contribution in [3.05, 3.63) is 70.0 Å². The number of ether oxygens (including phenoxy) is 1. The summed E-state index contributed by atoms with van der Waals surface area (Å²) in [5.74, 6) is 1.34. The maximum absolute atomic E-state index is 6.28. The summed E-state index contributed by atoms with van der Waals surface area (Å²) in [6, 6.07) is 17.4. The summed E-state index contributed by atoms with van der Waals surface area (Å²) in [5, 5.41) is 11.9. The lowest BCUT2D eigenvalue weighted by molar-refractivity contribution is 0.242. The van der Waals surface area contributed by atoms with E-state index in [0.29, 0.717) is 15.6 Å². The summed E-state index contributed by atoms with van der Waals surface area (Å²) in [4.78, 5) is 0. The molecule has 5 nitrogen and oxygen atoms in total. The van der Waals surface area contributed by atoms with Crippen LogP contribution in [0.5, 0.6) is 5.75 Å². The van der Waals surface area contributed by atoms with E-state index < -0.39 is 0 Å². The van der Waals surface area contributed by atoms with E-state index in [1.54, 1.807) is 0 Å². The Morgan fingerprint density at radius 2 is 2.00 bits per heavy atom. The first-order valence-electron chi connectivity index (χ1n) is 8.44. The van der Waals surface area contributed by atoms with Crippen molar-refractivity contribution in [2.24, 2.45) is 5.10 Å². The highest BCUT2D eigenvalue weighted by molar-refractivity contribution is 7.71. The molecular formula is C20H19ClN4OS. The maximum Gasteiger partial charge on any atom is 0.216 e. The second kappa shape index (κ2) is 8.79. The fourth-order valence-corrected chi connectivity index (χ4v) is 2.77. The lowest BCUT2D eigenvalue weighted by atomic mass is 10.2. The van der Waals surface area contributed by atoms with E-state index in [0.717, 1.165) is 16.9 Å². The fourth-order valence-electron chi connectivity index (χ4n) is 2.42. The summed E-state index contributed by atoms with van der Waals surface area (Å²) in [6.07, 6.45) is 3.45. The van der Waals surface area contributed by atoms with Crippen LogP contribution in [0.15, 0.2) is 64.7 Å². The van der Waals surface area contributed by atoms with E-state index in [1.165, 1.54) is 10.9 Å². The second-order valence-electron chi connectivity index (χ2n) is 6.04. The Bertz CT molecular complexity index is 1020. The van der Waals surface area contributed by atoms with Crippen molar-refractivity contribution in [3.63, 3.8) is 0 Å².